The molecule has 0 aliphatic carbocycles. The lowest BCUT2D eigenvalue weighted by atomic mass is 9.99. The summed E-state index contributed by atoms with van der Waals surface area (Å²) in [5.41, 5.74) is 2.25. The van der Waals surface area contributed by atoms with Crippen molar-refractivity contribution in [1.82, 2.24) is 20.8 Å². The van der Waals surface area contributed by atoms with Crippen molar-refractivity contribution < 1.29 is 9.53 Å². The zero-order valence-electron chi connectivity index (χ0n) is 14.1. The van der Waals surface area contributed by atoms with Crippen LogP contribution >= 0.6 is 12.4 Å². The van der Waals surface area contributed by atoms with E-state index in [2.05, 4.69) is 20.8 Å². The van der Waals surface area contributed by atoms with Gasteiger partial charge in [-0.25, -0.2) is 0 Å². The molecule has 0 spiro atoms. The molecule has 6 nitrogen and oxygen atoms in total. The van der Waals surface area contributed by atoms with Crippen molar-refractivity contribution in [2.45, 2.75) is 43.8 Å². The van der Waals surface area contributed by atoms with E-state index in [0.717, 1.165) is 29.8 Å². The van der Waals surface area contributed by atoms with Gasteiger partial charge in [0.2, 0.25) is 0 Å². The number of nitrogens with one attached hydrogen (secondary N) is 3. The molecule has 2 saturated heterocycles. The van der Waals surface area contributed by atoms with Crippen LogP contribution in [0.3, 0.4) is 0 Å². The number of nitrogens with zero attached hydrogens (tertiary/aromatic N) is 1. The zero-order chi connectivity index (χ0) is 16.5. The van der Waals surface area contributed by atoms with E-state index in [9.17, 15) is 4.79 Å². The van der Waals surface area contributed by atoms with E-state index >= 15 is 0 Å². The average molecular weight is 363 g/mol. The number of ether oxygens (including phenoxy) is 1. The molecule has 2 fully saturated rings. The highest BCUT2D eigenvalue weighted by atomic mass is 35.5. The zero-order valence-corrected chi connectivity index (χ0v) is 14.9. The number of amides is 1. The van der Waals surface area contributed by atoms with Gasteiger partial charge >= 0.3 is 0 Å². The first kappa shape index (κ1) is 17.8. The van der Waals surface area contributed by atoms with E-state index in [1.807, 2.05) is 24.3 Å². The third kappa shape index (κ3) is 3.65. The van der Waals surface area contributed by atoms with Crippen LogP contribution in [0.2, 0.25) is 0 Å². The Morgan fingerprint density at radius 1 is 1.20 bits per heavy atom. The molecular weight excluding hydrogens is 340 g/mol. The number of aromatic amines is 1. The number of H-pyrrole nitrogens is 1. The van der Waals surface area contributed by atoms with Gasteiger partial charge in [-0.2, -0.15) is 5.10 Å². The molecule has 2 atom stereocenters. The Morgan fingerprint density at radius 3 is 2.52 bits per heavy atom. The highest BCUT2D eigenvalue weighted by molar-refractivity contribution is 5.99. The van der Waals surface area contributed by atoms with Crippen molar-refractivity contribution in [3.8, 4) is 17.0 Å². The van der Waals surface area contributed by atoms with Gasteiger partial charge in [-0.15, -0.1) is 12.4 Å². The Labute approximate surface area is 153 Å². The quantitative estimate of drug-likeness (QED) is 0.780. The fourth-order valence-corrected chi connectivity index (χ4v) is 3.87. The number of hydrogen-bond acceptors (Lipinski definition) is 4. The van der Waals surface area contributed by atoms with Gasteiger partial charge in [0.05, 0.1) is 24.6 Å². The molecule has 7 heteroatoms. The molecule has 3 heterocycles. The summed E-state index contributed by atoms with van der Waals surface area (Å²) in [4.78, 5) is 12.7. The Morgan fingerprint density at radius 2 is 1.88 bits per heavy atom. The number of piperidine rings is 1. The van der Waals surface area contributed by atoms with E-state index in [1.54, 1.807) is 13.3 Å². The summed E-state index contributed by atoms with van der Waals surface area (Å²) in [5.74, 6) is 0.732. The fraction of sp³-hybridized carbons (Fsp3) is 0.444. The van der Waals surface area contributed by atoms with Gasteiger partial charge < -0.3 is 15.4 Å². The predicted octanol–water partition coefficient (Wildman–Crippen LogP) is 2.52. The Bertz CT molecular complexity index is 719. The first-order valence-electron chi connectivity index (χ1n) is 8.47. The first-order chi connectivity index (χ1) is 11.7. The highest BCUT2D eigenvalue weighted by Gasteiger charge is 2.34. The number of halogens is 1. The largest absolute Gasteiger partial charge is 0.497 e. The molecule has 134 valence electrons. The molecular formula is C18H23ClN4O2. The lowest BCUT2D eigenvalue weighted by molar-refractivity contribution is 0.0924. The van der Waals surface area contributed by atoms with E-state index in [4.69, 9.17) is 4.74 Å². The van der Waals surface area contributed by atoms with E-state index < -0.39 is 0 Å². The molecule has 1 amide bonds. The standard InChI is InChI=1S/C18H22N4O2.ClH/c1-24-15-6-2-11(3-7-15)17-16(10-19-22-17)18(23)21-14-8-12-4-5-13(9-14)20-12;/h2-3,6-7,10,12-14,20H,4-5,8-9H2,1H3,(H,19,22)(H,21,23);1H. The van der Waals surface area contributed by atoms with Gasteiger partial charge in [0, 0.05) is 23.7 Å². The van der Waals surface area contributed by atoms with Crippen molar-refractivity contribution in [3.63, 3.8) is 0 Å². The van der Waals surface area contributed by atoms with Crippen LogP contribution in [0.1, 0.15) is 36.0 Å². The van der Waals surface area contributed by atoms with Gasteiger partial charge in [-0.05, 0) is 49.9 Å². The van der Waals surface area contributed by atoms with Crippen LogP contribution in [0.15, 0.2) is 30.5 Å². The molecule has 1 aromatic carbocycles. The van der Waals surface area contributed by atoms with Crippen LogP contribution < -0.4 is 15.4 Å². The lowest BCUT2D eigenvalue weighted by Crippen LogP contribution is -2.48. The number of aromatic nitrogens is 2. The predicted molar refractivity (Wildman–Crippen MR) is 98.3 cm³/mol. The number of fused-ring (bicyclic) bond motifs is 2. The molecule has 2 unspecified atom stereocenters. The number of hydrogen-bond donors (Lipinski definition) is 3. The minimum absolute atomic E-state index is 0. The normalized spacial score (nSPS) is 24.4. The van der Waals surface area contributed by atoms with Crippen molar-refractivity contribution in [1.29, 1.82) is 0 Å². The molecule has 0 saturated carbocycles. The monoisotopic (exact) mass is 362 g/mol. The molecule has 3 N–H and O–H groups in total. The summed E-state index contributed by atoms with van der Waals surface area (Å²) in [7, 11) is 1.64. The van der Waals surface area contributed by atoms with Crippen LogP contribution in [0.25, 0.3) is 11.3 Å². The van der Waals surface area contributed by atoms with Gasteiger partial charge in [0.15, 0.2) is 0 Å². The molecule has 2 aromatic rings. The second-order valence-electron chi connectivity index (χ2n) is 6.67. The molecule has 2 aliphatic rings. The Hall–Kier alpha value is -2.05. The maximum atomic E-state index is 12.7. The SMILES string of the molecule is COc1ccc(-c2[nH]ncc2C(=O)NC2CC3CCC(C2)N3)cc1.Cl. The van der Waals surface area contributed by atoms with Gasteiger partial charge in [-0.1, -0.05) is 0 Å². The molecule has 2 bridgehead atoms. The summed E-state index contributed by atoms with van der Waals surface area (Å²) in [6.45, 7) is 0. The van der Waals surface area contributed by atoms with Crippen molar-refractivity contribution in [3.05, 3.63) is 36.0 Å². The van der Waals surface area contributed by atoms with Crippen LogP contribution in [0.5, 0.6) is 5.75 Å². The Balaban J connectivity index is 0.00000182. The second kappa shape index (κ2) is 7.45. The fourth-order valence-electron chi connectivity index (χ4n) is 3.87. The number of methoxy groups -OCH3 is 1. The summed E-state index contributed by atoms with van der Waals surface area (Å²) in [5, 5.41) is 13.8. The number of carbonyl (C=O) groups is 1. The van der Waals surface area contributed by atoms with Gasteiger partial charge in [-0.3, -0.25) is 9.89 Å². The minimum atomic E-state index is -0.0548. The van der Waals surface area contributed by atoms with Gasteiger partial charge in [0.25, 0.3) is 5.91 Å². The van der Waals surface area contributed by atoms with Crippen LogP contribution in [0, 0.1) is 0 Å². The highest BCUT2D eigenvalue weighted by Crippen LogP contribution is 2.28. The number of carbonyl (C=O) groups excluding carboxylic acids is 1. The van der Waals surface area contributed by atoms with E-state index in [0.29, 0.717) is 17.6 Å². The number of benzene rings is 1. The van der Waals surface area contributed by atoms with Crippen molar-refractivity contribution >= 4 is 18.3 Å². The summed E-state index contributed by atoms with van der Waals surface area (Å²) in [6, 6.07) is 8.96. The van der Waals surface area contributed by atoms with Crippen LogP contribution in [-0.4, -0.2) is 41.3 Å². The molecule has 0 radical (unpaired) electrons. The summed E-state index contributed by atoms with van der Waals surface area (Å²) >= 11 is 0. The number of rotatable bonds is 4. The van der Waals surface area contributed by atoms with E-state index in [-0.39, 0.29) is 24.4 Å². The summed E-state index contributed by atoms with van der Waals surface area (Å²) in [6.07, 6.45) is 6.07. The smallest absolute Gasteiger partial charge is 0.255 e. The summed E-state index contributed by atoms with van der Waals surface area (Å²) < 4.78 is 5.18. The van der Waals surface area contributed by atoms with Crippen LogP contribution in [-0.2, 0) is 0 Å². The maximum Gasteiger partial charge on any atom is 0.255 e. The first-order valence-corrected chi connectivity index (χ1v) is 8.47. The molecule has 1 aromatic heterocycles. The topological polar surface area (TPSA) is 79.0 Å². The second-order valence-corrected chi connectivity index (χ2v) is 6.67. The third-order valence-electron chi connectivity index (χ3n) is 5.07. The molecule has 2 aliphatic heterocycles. The van der Waals surface area contributed by atoms with E-state index in [1.165, 1.54) is 12.8 Å². The maximum absolute atomic E-state index is 12.7. The minimum Gasteiger partial charge on any atom is -0.497 e. The van der Waals surface area contributed by atoms with Crippen molar-refractivity contribution in [2.24, 2.45) is 0 Å². The molecule has 4 rings (SSSR count). The van der Waals surface area contributed by atoms with Crippen molar-refractivity contribution in [2.75, 3.05) is 7.11 Å². The third-order valence-corrected chi connectivity index (χ3v) is 5.07. The average Bonchev–Trinajstić information content (AvgIpc) is 3.22. The van der Waals surface area contributed by atoms with Gasteiger partial charge in [0.1, 0.15) is 5.75 Å². The Kier molecular flexibility index (Phi) is 5.30. The van der Waals surface area contributed by atoms with Crippen LogP contribution in [0.4, 0.5) is 0 Å². The molecule has 25 heavy (non-hydrogen) atoms. The lowest BCUT2D eigenvalue weighted by Gasteiger charge is -2.29.